The highest BCUT2D eigenvalue weighted by molar-refractivity contribution is 6.51. The van der Waals surface area contributed by atoms with Gasteiger partial charge in [-0.3, -0.25) is 14.5 Å². The number of Topliss-reactive ketones (excluding diaryl/α,β-unsaturated/α-hetero) is 1. The van der Waals surface area contributed by atoms with E-state index in [-0.39, 0.29) is 11.3 Å². The van der Waals surface area contributed by atoms with E-state index in [2.05, 4.69) is 0 Å². The SMILES string of the molecule is CCOc1cccc(C2/C(=C(/O)c3cccc(OC)c3)C(=O)C(=O)N2c2ccccc2C)c1. The molecule has 0 aliphatic carbocycles. The minimum absolute atomic E-state index is 0.0187. The smallest absolute Gasteiger partial charge is 0.300 e. The van der Waals surface area contributed by atoms with Crippen LogP contribution in [0.5, 0.6) is 11.5 Å². The summed E-state index contributed by atoms with van der Waals surface area (Å²) in [6.07, 6.45) is 0. The number of amides is 1. The molecule has 1 heterocycles. The summed E-state index contributed by atoms with van der Waals surface area (Å²) in [6, 6.07) is 20.5. The van der Waals surface area contributed by atoms with Crippen molar-refractivity contribution in [3.63, 3.8) is 0 Å². The summed E-state index contributed by atoms with van der Waals surface area (Å²) >= 11 is 0. The molecule has 0 spiro atoms. The minimum atomic E-state index is -0.822. The molecule has 6 heteroatoms. The summed E-state index contributed by atoms with van der Waals surface area (Å²) in [5.74, 6) is -0.546. The quantitative estimate of drug-likeness (QED) is 0.329. The standard InChI is InChI=1S/C27H25NO5/c1-4-33-21-13-7-10-18(15-21)24-23(25(29)19-11-8-12-20(16-19)32-3)26(30)27(31)28(24)22-14-6-5-9-17(22)2/h5-16,24,29H,4H2,1-3H3/b25-23-. The zero-order valence-electron chi connectivity index (χ0n) is 18.7. The van der Waals surface area contributed by atoms with Crippen LogP contribution in [0.3, 0.4) is 0 Å². The van der Waals surface area contributed by atoms with Gasteiger partial charge in [0, 0.05) is 11.3 Å². The van der Waals surface area contributed by atoms with Crippen LogP contribution in [0.15, 0.2) is 78.4 Å². The largest absolute Gasteiger partial charge is 0.507 e. The van der Waals surface area contributed by atoms with Gasteiger partial charge in [-0.1, -0.05) is 42.5 Å². The first kappa shape index (κ1) is 22.1. The molecule has 1 aliphatic heterocycles. The van der Waals surface area contributed by atoms with Crippen LogP contribution in [0.1, 0.15) is 29.7 Å². The predicted molar refractivity (Wildman–Crippen MR) is 127 cm³/mol. The zero-order valence-corrected chi connectivity index (χ0v) is 18.7. The maximum atomic E-state index is 13.3. The summed E-state index contributed by atoms with van der Waals surface area (Å²) < 4.78 is 10.9. The van der Waals surface area contributed by atoms with Gasteiger partial charge in [0.15, 0.2) is 0 Å². The Hall–Kier alpha value is -4.06. The highest BCUT2D eigenvalue weighted by Crippen LogP contribution is 2.43. The summed E-state index contributed by atoms with van der Waals surface area (Å²) in [4.78, 5) is 28.0. The lowest BCUT2D eigenvalue weighted by molar-refractivity contribution is -0.132. The van der Waals surface area contributed by atoms with Crippen molar-refractivity contribution in [2.45, 2.75) is 19.9 Å². The van der Waals surface area contributed by atoms with E-state index < -0.39 is 17.7 Å². The zero-order chi connectivity index (χ0) is 23.5. The van der Waals surface area contributed by atoms with Crippen molar-refractivity contribution < 1.29 is 24.2 Å². The summed E-state index contributed by atoms with van der Waals surface area (Å²) in [5.41, 5.74) is 2.52. The van der Waals surface area contributed by atoms with Crippen LogP contribution in [-0.4, -0.2) is 30.5 Å². The summed E-state index contributed by atoms with van der Waals surface area (Å²) in [7, 11) is 1.52. The van der Waals surface area contributed by atoms with E-state index in [1.807, 2.05) is 50.2 Å². The van der Waals surface area contributed by atoms with Crippen LogP contribution in [-0.2, 0) is 9.59 Å². The molecule has 1 fully saturated rings. The number of benzene rings is 3. The van der Waals surface area contributed by atoms with E-state index in [1.165, 1.54) is 12.0 Å². The number of hydrogen-bond donors (Lipinski definition) is 1. The van der Waals surface area contributed by atoms with Crippen LogP contribution in [0.2, 0.25) is 0 Å². The summed E-state index contributed by atoms with van der Waals surface area (Å²) in [5, 5.41) is 11.3. The normalized spacial score (nSPS) is 17.3. The maximum absolute atomic E-state index is 13.3. The molecule has 0 bridgehead atoms. The number of para-hydroxylation sites is 1. The molecule has 1 amide bonds. The highest BCUT2D eigenvalue weighted by atomic mass is 16.5. The fourth-order valence-electron chi connectivity index (χ4n) is 4.10. The molecular formula is C27H25NO5. The Morgan fingerprint density at radius 2 is 1.70 bits per heavy atom. The Labute approximate surface area is 192 Å². The fourth-order valence-corrected chi connectivity index (χ4v) is 4.10. The van der Waals surface area contributed by atoms with Gasteiger partial charge >= 0.3 is 0 Å². The predicted octanol–water partition coefficient (Wildman–Crippen LogP) is 5.03. The monoisotopic (exact) mass is 443 g/mol. The van der Waals surface area contributed by atoms with E-state index in [4.69, 9.17) is 9.47 Å². The van der Waals surface area contributed by atoms with Crippen molar-refractivity contribution in [1.82, 2.24) is 0 Å². The number of carbonyl (C=O) groups is 2. The Morgan fingerprint density at radius 3 is 2.42 bits per heavy atom. The van der Waals surface area contributed by atoms with Gasteiger partial charge in [0.25, 0.3) is 11.7 Å². The lowest BCUT2D eigenvalue weighted by Crippen LogP contribution is -2.30. The van der Waals surface area contributed by atoms with Gasteiger partial charge in [-0.25, -0.2) is 0 Å². The number of ether oxygens (including phenoxy) is 2. The molecule has 1 saturated heterocycles. The molecule has 0 radical (unpaired) electrons. The van der Waals surface area contributed by atoms with Gasteiger partial charge in [-0.2, -0.15) is 0 Å². The molecule has 1 aliphatic rings. The number of anilines is 1. The lowest BCUT2D eigenvalue weighted by Gasteiger charge is -2.27. The maximum Gasteiger partial charge on any atom is 0.300 e. The van der Waals surface area contributed by atoms with Gasteiger partial charge < -0.3 is 14.6 Å². The lowest BCUT2D eigenvalue weighted by atomic mass is 9.94. The second-order valence-electron chi connectivity index (χ2n) is 7.69. The third kappa shape index (κ3) is 4.07. The Bertz CT molecular complexity index is 1250. The number of hydrogen-bond acceptors (Lipinski definition) is 5. The average molecular weight is 443 g/mol. The van der Waals surface area contributed by atoms with E-state index in [0.717, 1.165) is 5.56 Å². The number of nitrogens with zero attached hydrogens (tertiary/aromatic N) is 1. The highest BCUT2D eigenvalue weighted by Gasteiger charge is 2.47. The van der Waals surface area contributed by atoms with Crippen molar-refractivity contribution in [2.75, 3.05) is 18.6 Å². The number of carbonyl (C=O) groups excluding carboxylic acids is 2. The molecule has 168 valence electrons. The van der Waals surface area contributed by atoms with Gasteiger partial charge in [0.2, 0.25) is 0 Å². The summed E-state index contributed by atoms with van der Waals surface area (Å²) in [6.45, 7) is 4.24. The fraction of sp³-hybridized carbons (Fsp3) is 0.185. The molecule has 33 heavy (non-hydrogen) atoms. The molecule has 1 N–H and O–H groups in total. The van der Waals surface area contributed by atoms with Crippen LogP contribution in [0.4, 0.5) is 5.69 Å². The van der Waals surface area contributed by atoms with Gasteiger partial charge in [-0.05, 0) is 55.3 Å². The second-order valence-corrected chi connectivity index (χ2v) is 7.69. The van der Waals surface area contributed by atoms with Gasteiger partial charge in [0.1, 0.15) is 17.3 Å². The van der Waals surface area contributed by atoms with Crippen LogP contribution in [0.25, 0.3) is 5.76 Å². The van der Waals surface area contributed by atoms with Crippen LogP contribution in [0, 0.1) is 6.92 Å². The van der Waals surface area contributed by atoms with E-state index in [1.54, 1.807) is 36.4 Å². The van der Waals surface area contributed by atoms with Gasteiger partial charge in [0.05, 0.1) is 25.3 Å². The van der Waals surface area contributed by atoms with E-state index in [0.29, 0.717) is 34.9 Å². The number of ketones is 1. The van der Waals surface area contributed by atoms with Crippen molar-refractivity contribution >= 4 is 23.1 Å². The Balaban J connectivity index is 1.96. The van der Waals surface area contributed by atoms with Crippen LogP contribution < -0.4 is 14.4 Å². The third-order valence-electron chi connectivity index (χ3n) is 5.65. The second kappa shape index (κ2) is 9.20. The van der Waals surface area contributed by atoms with Gasteiger partial charge in [-0.15, -0.1) is 0 Å². The number of aryl methyl sites for hydroxylation is 1. The average Bonchev–Trinajstić information content (AvgIpc) is 3.10. The first-order chi connectivity index (χ1) is 16.0. The molecule has 0 aromatic heterocycles. The van der Waals surface area contributed by atoms with Crippen molar-refractivity contribution in [1.29, 1.82) is 0 Å². The number of rotatable bonds is 6. The third-order valence-corrected chi connectivity index (χ3v) is 5.65. The number of aliphatic hydroxyl groups excluding tert-OH is 1. The first-order valence-electron chi connectivity index (χ1n) is 10.7. The first-order valence-corrected chi connectivity index (χ1v) is 10.7. The molecule has 3 aromatic rings. The molecular weight excluding hydrogens is 418 g/mol. The molecule has 0 saturated carbocycles. The van der Waals surface area contributed by atoms with E-state index >= 15 is 0 Å². The molecule has 1 unspecified atom stereocenters. The molecule has 4 rings (SSSR count). The van der Waals surface area contributed by atoms with Crippen molar-refractivity contribution in [3.05, 3.63) is 95.1 Å². The van der Waals surface area contributed by atoms with E-state index in [9.17, 15) is 14.7 Å². The Morgan fingerprint density at radius 1 is 0.970 bits per heavy atom. The number of methoxy groups -OCH3 is 1. The number of aliphatic hydroxyl groups is 1. The van der Waals surface area contributed by atoms with Crippen LogP contribution >= 0.6 is 0 Å². The minimum Gasteiger partial charge on any atom is -0.507 e. The molecule has 1 atom stereocenters. The Kier molecular flexibility index (Phi) is 6.18. The molecule has 3 aromatic carbocycles. The van der Waals surface area contributed by atoms with Crippen molar-refractivity contribution in [2.24, 2.45) is 0 Å². The van der Waals surface area contributed by atoms with Crippen molar-refractivity contribution in [3.8, 4) is 11.5 Å². The topological polar surface area (TPSA) is 76.1 Å². The molecule has 6 nitrogen and oxygen atoms in total.